The second-order valence-electron chi connectivity index (χ2n) is 6.01. The van der Waals surface area contributed by atoms with Gasteiger partial charge in [0.1, 0.15) is 6.04 Å². The number of carbonyl (C=O) groups is 1. The summed E-state index contributed by atoms with van der Waals surface area (Å²) in [5.74, 6) is 0.915. The molecular weight excluding hydrogens is 324 g/mol. The summed E-state index contributed by atoms with van der Waals surface area (Å²) >= 11 is 1.72. The van der Waals surface area contributed by atoms with Crippen LogP contribution in [0.1, 0.15) is 17.3 Å². The molecule has 4 rings (SSSR count). The van der Waals surface area contributed by atoms with Gasteiger partial charge in [0.25, 0.3) is 0 Å². The Morgan fingerprint density at radius 3 is 2.62 bits per heavy atom. The second kappa shape index (κ2) is 6.84. The Morgan fingerprint density at radius 1 is 1.12 bits per heavy atom. The topological polar surface area (TPSA) is 73.4 Å². The van der Waals surface area contributed by atoms with Crippen LogP contribution in [0.2, 0.25) is 0 Å². The number of amides is 1. The van der Waals surface area contributed by atoms with Crippen LogP contribution < -0.4 is 15.8 Å². The van der Waals surface area contributed by atoms with Crippen molar-refractivity contribution in [3.63, 3.8) is 0 Å². The maximum Gasteiger partial charge on any atom is 0.241 e. The van der Waals surface area contributed by atoms with Gasteiger partial charge < -0.3 is 9.80 Å². The number of hydrogen-bond acceptors (Lipinski definition) is 7. The number of rotatable bonds is 3. The van der Waals surface area contributed by atoms with Crippen molar-refractivity contribution in [1.82, 2.24) is 25.7 Å². The lowest BCUT2D eigenvalue weighted by Gasteiger charge is -2.35. The molecule has 7 nitrogen and oxygen atoms in total. The predicted octanol–water partition coefficient (Wildman–Crippen LogP) is 0.794. The Morgan fingerprint density at radius 2 is 1.92 bits per heavy atom. The van der Waals surface area contributed by atoms with Crippen LogP contribution in [0.25, 0.3) is 0 Å². The zero-order valence-electron chi connectivity index (χ0n) is 13.3. The molecule has 2 aromatic rings. The van der Waals surface area contributed by atoms with Crippen molar-refractivity contribution >= 4 is 23.2 Å². The molecule has 0 radical (unpaired) electrons. The number of thiophene rings is 1. The quantitative estimate of drug-likeness (QED) is 0.858. The number of aromatic nitrogens is 2. The van der Waals surface area contributed by atoms with Crippen molar-refractivity contribution in [3.05, 3.63) is 40.8 Å². The molecule has 0 spiro atoms. The summed E-state index contributed by atoms with van der Waals surface area (Å²) in [6.07, 6.45) is 4.29. The smallest absolute Gasteiger partial charge is 0.241 e. The molecule has 2 saturated heterocycles. The van der Waals surface area contributed by atoms with Crippen LogP contribution in [-0.4, -0.2) is 53.0 Å². The molecule has 126 valence electrons. The molecule has 4 heterocycles. The number of hydrazine groups is 1. The monoisotopic (exact) mass is 344 g/mol. The third kappa shape index (κ3) is 3.12. The average Bonchev–Trinajstić information content (AvgIpc) is 3.33. The standard InChI is InChI=1S/C16H20N6OS/c23-15(13-11-12(19-20-13)14-3-1-10-24-14)21-6-8-22(9-7-21)16-17-4-2-5-18-16/h1-5,10,12-13,19-20H,6-9,11H2. The van der Waals surface area contributed by atoms with E-state index in [1.165, 1.54) is 4.88 Å². The van der Waals surface area contributed by atoms with E-state index in [-0.39, 0.29) is 18.0 Å². The first-order valence-electron chi connectivity index (χ1n) is 8.16. The van der Waals surface area contributed by atoms with Crippen molar-refractivity contribution in [2.45, 2.75) is 18.5 Å². The van der Waals surface area contributed by atoms with Crippen LogP contribution in [0.3, 0.4) is 0 Å². The largest absolute Gasteiger partial charge is 0.338 e. The van der Waals surface area contributed by atoms with Gasteiger partial charge in [0, 0.05) is 43.4 Å². The molecule has 2 aliphatic heterocycles. The fourth-order valence-electron chi connectivity index (χ4n) is 3.20. The normalized spacial score (nSPS) is 24.3. The predicted molar refractivity (Wildman–Crippen MR) is 92.6 cm³/mol. The van der Waals surface area contributed by atoms with E-state index < -0.39 is 0 Å². The molecule has 2 aromatic heterocycles. The molecule has 2 aliphatic rings. The van der Waals surface area contributed by atoms with Crippen LogP contribution in [0.5, 0.6) is 0 Å². The lowest BCUT2D eigenvalue weighted by Crippen LogP contribution is -2.54. The average molecular weight is 344 g/mol. The number of hydrogen-bond donors (Lipinski definition) is 2. The number of nitrogens with zero attached hydrogens (tertiary/aromatic N) is 4. The van der Waals surface area contributed by atoms with E-state index in [4.69, 9.17) is 0 Å². The van der Waals surface area contributed by atoms with Gasteiger partial charge >= 0.3 is 0 Å². The fraction of sp³-hybridized carbons (Fsp3) is 0.438. The Kier molecular flexibility index (Phi) is 4.42. The fourth-order valence-corrected chi connectivity index (χ4v) is 3.99. The third-order valence-corrected chi connectivity index (χ3v) is 5.50. The molecule has 1 amide bonds. The van der Waals surface area contributed by atoms with Crippen molar-refractivity contribution in [1.29, 1.82) is 0 Å². The van der Waals surface area contributed by atoms with Gasteiger partial charge in [0.2, 0.25) is 11.9 Å². The summed E-state index contributed by atoms with van der Waals surface area (Å²) in [5, 5.41) is 2.07. The zero-order valence-corrected chi connectivity index (χ0v) is 14.1. The highest BCUT2D eigenvalue weighted by atomic mass is 32.1. The Bertz CT molecular complexity index is 671. The number of piperazine rings is 1. The van der Waals surface area contributed by atoms with Crippen LogP contribution in [0.15, 0.2) is 36.0 Å². The number of carbonyl (C=O) groups excluding carboxylic acids is 1. The van der Waals surface area contributed by atoms with E-state index in [0.29, 0.717) is 13.1 Å². The van der Waals surface area contributed by atoms with E-state index in [1.807, 2.05) is 17.0 Å². The van der Waals surface area contributed by atoms with E-state index >= 15 is 0 Å². The van der Waals surface area contributed by atoms with E-state index in [9.17, 15) is 4.79 Å². The molecule has 0 bridgehead atoms. The molecule has 2 atom stereocenters. The maximum atomic E-state index is 12.7. The first-order valence-corrected chi connectivity index (χ1v) is 9.04. The molecule has 8 heteroatoms. The molecule has 0 saturated carbocycles. The van der Waals surface area contributed by atoms with Gasteiger partial charge in [-0.15, -0.1) is 11.3 Å². The summed E-state index contributed by atoms with van der Waals surface area (Å²) in [7, 11) is 0. The molecule has 2 fully saturated rings. The van der Waals surface area contributed by atoms with Gasteiger partial charge in [-0.25, -0.2) is 20.8 Å². The first-order chi connectivity index (χ1) is 11.8. The third-order valence-electron chi connectivity index (χ3n) is 4.51. The minimum Gasteiger partial charge on any atom is -0.338 e. The molecule has 2 N–H and O–H groups in total. The summed E-state index contributed by atoms with van der Waals surface area (Å²) < 4.78 is 0. The molecule has 0 aromatic carbocycles. The molecular formula is C16H20N6OS. The summed E-state index contributed by atoms with van der Waals surface area (Å²) in [6.45, 7) is 2.95. The van der Waals surface area contributed by atoms with Crippen molar-refractivity contribution in [2.24, 2.45) is 0 Å². The maximum absolute atomic E-state index is 12.7. The van der Waals surface area contributed by atoms with E-state index in [2.05, 4.69) is 37.2 Å². The number of anilines is 1. The van der Waals surface area contributed by atoms with E-state index in [1.54, 1.807) is 23.7 Å². The molecule has 2 unspecified atom stereocenters. The van der Waals surface area contributed by atoms with Crippen molar-refractivity contribution in [2.75, 3.05) is 31.1 Å². The zero-order chi connectivity index (χ0) is 16.4. The van der Waals surface area contributed by atoms with E-state index in [0.717, 1.165) is 25.5 Å². The molecule has 24 heavy (non-hydrogen) atoms. The van der Waals surface area contributed by atoms with Gasteiger partial charge in [0.15, 0.2) is 0 Å². The first kappa shape index (κ1) is 15.5. The van der Waals surface area contributed by atoms with Gasteiger partial charge in [-0.3, -0.25) is 4.79 Å². The summed E-state index contributed by atoms with van der Waals surface area (Å²) in [4.78, 5) is 26.6. The Balaban J connectivity index is 1.32. The van der Waals surface area contributed by atoms with Crippen molar-refractivity contribution in [3.8, 4) is 0 Å². The van der Waals surface area contributed by atoms with Gasteiger partial charge in [-0.2, -0.15) is 0 Å². The minimum atomic E-state index is -0.156. The lowest BCUT2D eigenvalue weighted by atomic mass is 10.1. The summed E-state index contributed by atoms with van der Waals surface area (Å²) in [6, 6.07) is 6.03. The molecule has 0 aliphatic carbocycles. The number of nitrogens with one attached hydrogen (secondary N) is 2. The highest BCUT2D eigenvalue weighted by molar-refractivity contribution is 7.10. The van der Waals surface area contributed by atoms with Crippen LogP contribution >= 0.6 is 11.3 Å². The lowest BCUT2D eigenvalue weighted by molar-refractivity contribution is -0.133. The summed E-state index contributed by atoms with van der Waals surface area (Å²) in [5.41, 5.74) is 6.41. The van der Waals surface area contributed by atoms with Crippen LogP contribution in [-0.2, 0) is 4.79 Å². The Labute approximate surface area is 144 Å². The highest BCUT2D eigenvalue weighted by Crippen LogP contribution is 2.26. The van der Waals surface area contributed by atoms with Crippen molar-refractivity contribution < 1.29 is 4.79 Å². The minimum absolute atomic E-state index is 0.156. The Hall–Kier alpha value is -2.03. The SMILES string of the molecule is O=C(C1CC(c2cccs2)NN1)N1CCN(c2ncccn2)CC1. The van der Waals surface area contributed by atoms with Gasteiger partial charge in [-0.05, 0) is 23.9 Å². The van der Waals surface area contributed by atoms with Gasteiger partial charge in [-0.1, -0.05) is 6.07 Å². The van der Waals surface area contributed by atoms with Crippen LogP contribution in [0, 0.1) is 0 Å². The highest BCUT2D eigenvalue weighted by Gasteiger charge is 2.34. The van der Waals surface area contributed by atoms with Crippen LogP contribution in [0.4, 0.5) is 5.95 Å². The second-order valence-corrected chi connectivity index (χ2v) is 6.99. The van der Waals surface area contributed by atoms with Gasteiger partial charge in [0.05, 0.1) is 6.04 Å².